The van der Waals surface area contributed by atoms with Crippen LogP contribution < -0.4 is 0 Å². The zero-order valence-electron chi connectivity index (χ0n) is 13.2. The van der Waals surface area contributed by atoms with Crippen molar-refractivity contribution in [3.05, 3.63) is 11.7 Å². The standard InChI is InChI=1S/C15H23N3O3/c1-5-11-16-13(17-21-11)10-8-7-9-18(10)14(20)12(19)15(3,4)6-2/h10H,5-9H2,1-4H3/t10-/m0/s1. The molecule has 6 heteroatoms. The van der Waals surface area contributed by atoms with Gasteiger partial charge in [0.1, 0.15) is 0 Å². The summed E-state index contributed by atoms with van der Waals surface area (Å²) in [6.45, 7) is 8.04. The Bertz CT molecular complexity index is 536. The van der Waals surface area contributed by atoms with E-state index in [9.17, 15) is 9.59 Å². The maximum Gasteiger partial charge on any atom is 0.291 e. The van der Waals surface area contributed by atoms with E-state index >= 15 is 0 Å². The predicted molar refractivity (Wildman–Crippen MR) is 76.4 cm³/mol. The summed E-state index contributed by atoms with van der Waals surface area (Å²) in [5.74, 6) is 0.313. The smallest absolute Gasteiger partial charge is 0.291 e. The second kappa shape index (κ2) is 5.95. The van der Waals surface area contributed by atoms with Crippen LogP contribution in [0.15, 0.2) is 4.52 Å². The average Bonchev–Trinajstić information content (AvgIpc) is 3.13. The Hall–Kier alpha value is -1.72. The van der Waals surface area contributed by atoms with Crippen molar-refractivity contribution in [3.63, 3.8) is 0 Å². The van der Waals surface area contributed by atoms with Crippen molar-refractivity contribution < 1.29 is 14.1 Å². The van der Waals surface area contributed by atoms with E-state index in [2.05, 4.69) is 10.1 Å². The number of likely N-dealkylation sites (tertiary alicyclic amines) is 1. The largest absolute Gasteiger partial charge is 0.339 e. The topological polar surface area (TPSA) is 76.3 Å². The van der Waals surface area contributed by atoms with E-state index in [1.807, 2.05) is 27.7 Å². The molecule has 1 amide bonds. The summed E-state index contributed by atoms with van der Waals surface area (Å²) >= 11 is 0. The number of Topliss-reactive ketones (excluding diaryl/α,β-unsaturated/α-hetero) is 1. The Balaban J connectivity index is 2.18. The molecule has 0 bridgehead atoms. The van der Waals surface area contributed by atoms with Crippen LogP contribution in [0.2, 0.25) is 0 Å². The van der Waals surface area contributed by atoms with Crippen LogP contribution in [0.25, 0.3) is 0 Å². The Morgan fingerprint density at radius 3 is 2.67 bits per heavy atom. The molecule has 1 aromatic heterocycles. The van der Waals surface area contributed by atoms with Crippen molar-refractivity contribution in [2.24, 2.45) is 5.41 Å². The number of nitrogens with zero attached hydrogens (tertiary/aromatic N) is 3. The van der Waals surface area contributed by atoms with Gasteiger partial charge in [-0.25, -0.2) is 0 Å². The molecule has 1 saturated heterocycles. The Labute approximate surface area is 124 Å². The summed E-state index contributed by atoms with van der Waals surface area (Å²) in [5.41, 5.74) is -0.629. The molecule has 0 radical (unpaired) electrons. The Kier molecular flexibility index (Phi) is 4.44. The molecule has 0 saturated carbocycles. The van der Waals surface area contributed by atoms with E-state index in [0.717, 1.165) is 12.8 Å². The quantitative estimate of drug-likeness (QED) is 0.779. The summed E-state index contributed by atoms with van der Waals surface area (Å²) in [5, 5.41) is 3.95. The van der Waals surface area contributed by atoms with E-state index in [0.29, 0.717) is 31.1 Å². The van der Waals surface area contributed by atoms with Crippen LogP contribution in [0.1, 0.15) is 64.7 Å². The minimum Gasteiger partial charge on any atom is -0.339 e. The summed E-state index contributed by atoms with van der Waals surface area (Å²) < 4.78 is 5.12. The van der Waals surface area contributed by atoms with Crippen molar-refractivity contribution >= 4 is 11.7 Å². The third kappa shape index (κ3) is 2.99. The summed E-state index contributed by atoms with van der Waals surface area (Å²) in [6.07, 6.45) is 2.92. The first kappa shape index (κ1) is 15.7. The molecule has 1 atom stereocenters. The lowest BCUT2D eigenvalue weighted by Crippen LogP contribution is -2.42. The lowest BCUT2D eigenvalue weighted by atomic mass is 9.84. The number of hydrogen-bond donors (Lipinski definition) is 0. The van der Waals surface area contributed by atoms with Gasteiger partial charge in [0.05, 0.1) is 6.04 Å². The second-order valence-electron chi connectivity index (χ2n) is 6.12. The SMILES string of the molecule is CCc1nc([C@@H]2CCCN2C(=O)C(=O)C(C)(C)CC)no1. The van der Waals surface area contributed by atoms with Crippen LogP contribution in [0.3, 0.4) is 0 Å². The highest BCUT2D eigenvalue weighted by atomic mass is 16.5. The highest BCUT2D eigenvalue weighted by Gasteiger charge is 2.40. The summed E-state index contributed by atoms with van der Waals surface area (Å²) in [4.78, 5) is 30.8. The number of ketones is 1. The molecule has 2 heterocycles. The summed E-state index contributed by atoms with van der Waals surface area (Å²) in [6, 6.07) is -0.238. The van der Waals surface area contributed by atoms with Gasteiger partial charge in [0, 0.05) is 18.4 Å². The van der Waals surface area contributed by atoms with Crippen molar-refractivity contribution in [3.8, 4) is 0 Å². The minimum absolute atomic E-state index is 0.238. The van der Waals surface area contributed by atoms with Gasteiger partial charge in [0.15, 0.2) is 5.82 Å². The first-order valence-corrected chi connectivity index (χ1v) is 7.58. The van der Waals surface area contributed by atoms with Gasteiger partial charge >= 0.3 is 0 Å². The number of rotatable bonds is 5. The number of aromatic nitrogens is 2. The van der Waals surface area contributed by atoms with Crippen LogP contribution in [-0.2, 0) is 16.0 Å². The molecular weight excluding hydrogens is 270 g/mol. The fourth-order valence-electron chi connectivity index (χ4n) is 2.41. The number of carbonyl (C=O) groups is 2. The highest BCUT2D eigenvalue weighted by Crippen LogP contribution is 2.32. The predicted octanol–water partition coefficient (Wildman–Crippen LogP) is 2.30. The van der Waals surface area contributed by atoms with Crippen molar-refractivity contribution in [1.82, 2.24) is 15.0 Å². The van der Waals surface area contributed by atoms with E-state index in [1.165, 1.54) is 0 Å². The van der Waals surface area contributed by atoms with Gasteiger partial charge in [0.25, 0.3) is 5.91 Å². The van der Waals surface area contributed by atoms with E-state index in [-0.39, 0.29) is 11.8 Å². The second-order valence-corrected chi connectivity index (χ2v) is 6.12. The van der Waals surface area contributed by atoms with Crippen molar-refractivity contribution in [2.45, 2.75) is 59.4 Å². The third-order valence-corrected chi connectivity index (χ3v) is 4.29. The first-order valence-electron chi connectivity index (χ1n) is 7.58. The fourth-order valence-corrected chi connectivity index (χ4v) is 2.41. The molecule has 0 spiro atoms. The Morgan fingerprint density at radius 2 is 2.10 bits per heavy atom. The fraction of sp³-hybridized carbons (Fsp3) is 0.733. The number of carbonyl (C=O) groups excluding carboxylic acids is 2. The van der Waals surface area contributed by atoms with Gasteiger partial charge in [-0.15, -0.1) is 0 Å². The maximum absolute atomic E-state index is 12.5. The monoisotopic (exact) mass is 293 g/mol. The van der Waals surface area contributed by atoms with Crippen molar-refractivity contribution in [1.29, 1.82) is 0 Å². The minimum atomic E-state index is -0.629. The molecule has 6 nitrogen and oxygen atoms in total. The van der Waals surface area contributed by atoms with Crippen LogP contribution in [0, 0.1) is 5.41 Å². The summed E-state index contributed by atoms with van der Waals surface area (Å²) in [7, 11) is 0. The molecule has 0 unspecified atom stereocenters. The number of hydrogen-bond acceptors (Lipinski definition) is 5. The molecule has 1 aromatic rings. The van der Waals surface area contributed by atoms with E-state index in [1.54, 1.807) is 4.90 Å². The van der Waals surface area contributed by atoms with Crippen LogP contribution in [0.4, 0.5) is 0 Å². The van der Waals surface area contributed by atoms with Gasteiger partial charge in [-0.05, 0) is 19.3 Å². The van der Waals surface area contributed by atoms with Gasteiger partial charge < -0.3 is 9.42 Å². The first-order chi connectivity index (χ1) is 9.90. The van der Waals surface area contributed by atoms with Gasteiger partial charge in [-0.3, -0.25) is 9.59 Å². The lowest BCUT2D eigenvalue weighted by Gasteiger charge is -2.26. The zero-order valence-corrected chi connectivity index (χ0v) is 13.2. The maximum atomic E-state index is 12.5. The van der Waals surface area contributed by atoms with Gasteiger partial charge in [-0.2, -0.15) is 4.98 Å². The normalized spacial score (nSPS) is 19.0. The molecule has 21 heavy (non-hydrogen) atoms. The highest BCUT2D eigenvalue weighted by molar-refractivity contribution is 6.38. The third-order valence-electron chi connectivity index (χ3n) is 4.29. The molecule has 2 rings (SSSR count). The molecule has 0 N–H and O–H groups in total. The van der Waals surface area contributed by atoms with Crippen LogP contribution in [0.5, 0.6) is 0 Å². The van der Waals surface area contributed by atoms with E-state index in [4.69, 9.17) is 4.52 Å². The Morgan fingerprint density at radius 1 is 1.38 bits per heavy atom. The molecule has 0 aromatic carbocycles. The molecule has 1 fully saturated rings. The average molecular weight is 293 g/mol. The van der Waals surface area contributed by atoms with Gasteiger partial charge in [-0.1, -0.05) is 32.9 Å². The molecule has 116 valence electrons. The van der Waals surface area contributed by atoms with E-state index < -0.39 is 11.3 Å². The molecular formula is C15H23N3O3. The van der Waals surface area contributed by atoms with Gasteiger partial charge in [0.2, 0.25) is 11.7 Å². The number of amides is 1. The number of aryl methyl sites for hydroxylation is 1. The lowest BCUT2D eigenvalue weighted by molar-refractivity contribution is -0.150. The van der Waals surface area contributed by atoms with Crippen molar-refractivity contribution in [2.75, 3.05) is 6.54 Å². The van der Waals surface area contributed by atoms with Crippen LogP contribution >= 0.6 is 0 Å². The molecule has 1 aliphatic rings. The van der Waals surface area contributed by atoms with Crippen LogP contribution in [-0.4, -0.2) is 33.3 Å². The molecule has 1 aliphatic heterocycles. The molecule has 0 aliphatic carbocycles. The zero-order chi connectivity index (χ0) is 15.6.